The molecule has 4 saturated heterocycles. The average Bonchev–Trinajstić information content (AvgIpc) is 0.819. The molecule has 4 aromatic carbocycles. The van der Waals surface area contributed by atoms with Gasteiger partial charge in [0.25, 0.3) is 0 Å². The van der Waals surface area contributed by atoms with E-state index >= 15 is 0 Å². The number of esters is 2. The first-order chi connectivity index (χ1) is 45.9. The van der Waals surface area contributed by atoms with Gasteiger partial charge in [-0.05, 0) is 150 Å². The average molecular weight is 1360 g/mol. The van der Waals surface area contributed by atoms with Gasteiger partial charge in [0, 0.05) is 92.1 Å². The molecule has 0 saturated carbocycles. The minimum Gasteiger partial charge on any atom is -0.468 e. The minimum atomic E-state index is -0.288. The lowest BCUT2D eigenvalue weighted by Gasteiger charge is -2.36. The fourth-order valence-electron chi connectivity index (χ4n) is 14.1. The van der Waals surface area contributed by atoms with Crippen LogP contribution < -0.4 is 16.8 Å². The summed E-state index contributed by atoms with van der Waals surface area (Å²) in [5.74, 6) is 2.64. The number of hydrogen-bond acceptors (Lipinski definition) is 18. The summed E-state index contributed by atoms with van der Waals surface area (Å²) in [7, 11) is 2.77. The number of carbonyl (C=O) groups is 4. The third kappa shape index (κ3) is 19.4. The van der Waals surface area contributed by atoms with E-state index in [1.165, 1.54) is 42.9 Å². The maximum absolute atomic E-state index is 11.6. The first-order valence-electron chi connectivity index (χ1n) is 32.1. The molecule has 500 valence electrons. The van der Waals surface area contributed by atoms with Crippen LogP contribution in [0.2, 0.25) is 0 Å². The Bertz CT molecular complexity index is 4060. The summed E-state index contributed by atoms with van der Waals surface area (Å²) < 4.78 is 9.02. The number of pyridine rings is 4. The van der Waals surface area contributed by atoms with E-state index in [-0.39, 0.29) is 36.5 Å². The first-order valence-corrected chi connectivity index (χ1v) is 33.3. The number of ether oxygens (including phenoxy) is 2. The maximum Gasteiger partial charge on any atom is 0.319 e. The SMILES string of the molecule is C.CC1CNCC(c2ccc(C#N)c3ncccc23)C1.COC(=O)CBr.COC(=O)CN1CC(C)CC(c2ccc(C#N)c3ncccc23)C1.C[C@@H]1C[C@H](c2ccc(C#N)c3ncccc23)CN(CC(N)=O)C1.C[C@H]1C[C@H](c2ccc(C#N)c3ncccc23)CN(CC(N)=O)C1. The van der Waals surface area contributed by atoms with Crippen LogP contribution in [0.4, 0.5) is 0 Å². The lowest BCUT2D eigenvalue weighted by Crippen LogP contribution is -2.43. The Morgan fingerprint density at radius 1 is 0.458 bits per heavy atom. The van der Waals surface area contributed by atoms with Gasteiger partial charge in [0.2, 0.25) is 11.8 Å². The predicted octanol–water partition coefficient (Wildman–Crippen LogP) is 10.7. The highest BCUT2D eigenvalue weighted by atomic mass is 79.9. The van der Waals surface area contributed by atoms with Crippen molar-refractivity contribution in [3.63, 3.8) is 0 Å². The van der Waals surface area contributed by atoms with E-state index in [1.807, 2.05) is 84.9 Å². The van der Waals surface area contributed by atoms with E-state index in [0.29, 0.717) is 89.2 Å². The number of nitriles is 4. The molecule has 4 aromatic heterocycles. The van der Waals surface area contributed by atoms with E-state index in [9.17, 15) is 40.2 Å². The van der Waals surface area contributed by atoms with Crippen LogP contribution in [-0.2, 0) is 28.7 Å². The van der Waals surface area contributed by atoms with Gasteiger partial charge in [-0.25, -0.2) is 0 Å². The summed E-state index contributed by atoms with van der Waals surface area (Å²) >= 11 is 2.90. The molecule has 12 rings (SSSR count). The predicted molar refractivity (Wildman–Crippen MR) is 377 cm³/mol. The number of fused-ring (bicyclic) bond motifs is 4. The summed E-state index contributed by atoms with van der Waals surface area (Å²) in [4.78, 5) is 68.0. The summed E-state index contributed by atoms with van der Waals surface area (Å²) in [6, 6.07) is 40.4. The van der Waals surface area contributed by atoms with E-state index in [4.69, 9.17) is 16.2 Å². The van der Waals surface area contributed by atoms with Gasteiger partial charge in [-0.3, -0.25) is 53.8 Å². The molecule has 8 aromatic rings. The second-order valence-corrected chi connectivity index (χ2v) is 26.0. The van der Waals surface area contributed by atoms with Gasteiger partial charge in [0.15, 0.2) is 0 Å². The number of alkyl halides is 1. The summed E-state index contributed by atoms with van der Waals surface area (Å²) in [6.07, 6.45) is 11.3. The number of primary amides is 2. The van der Waals surface area contributed by atoms with Crippen LogP contribution in [0.15, 0.2) is 122 Å². The van der Waals surface area contributed by atoms with E-state index in [2.05, 4.69) is 125 Å². The molecule has 0 radical (unpaired) electrons. The third-order valence-corrected chi connectivity index (χ3v) is 18.4. The molecule has 2 amide bonds. The van der Waals surface area contributed by atoms with Crippen LogP contribution in [0.3, 0.4) is 0 Å². The fourth-order valence-corrected chi connectivity index (χ4v) is 14.4. The number of aromatic nitrogens is 4. The fraction of sp³-hybridized carbons (Fsp3) is 0.413. The standard InChI is InChI=1S/C19H21N3O2.2C18H20N4O.C16H17N3.C3H5BrO2.CH4/c1-13-8-15(11-22(10-13)12-18(23)24-2)16-6-5-14(9-20)19-17(16)4-3-7-21-19;2*1-12-7-14(10-22(9-12)11-17(20)23)15-5-4-13(8-19)18-16(15)3-2-6-21-18;1-11-7-13(10-18-9-11)14-5-4-12(8-17)16-15(14)3-2-6-19-16;1-6-3(5)2-4;/h3-7,13,15H,8,10-12H2,1-2H3;2*2-6,12,14H,7,9-11H2,1H3,(H2,20,23);2-6,11,13,18H,7,9-10H2,1H3;2H2,1H3;1H4/t;12-,14+;12-,14-;;;/m.10.../s1. The van der Waals surface area contributed by atoms with Crippen molar-refractivity contribution in [1.29, 1.82) is 21.0 Å². The van der Waals surface area contributed by atoms with Gasteiger partial charge in [-0.15, -0.1) is 0 Å². The third-order valence-electron chi connectivity index (χ3n) is 17.9. The van der Waals surface area contributed by atoms with Gasteiger partial charge < -0.3 is 26.3 Å². The molecular formula is C75H87BrN14O6. The number of nitrogens with zero attached hydrogens (tertiary/aromatic N) is 11. The van der Waals surface area contributed by atoms with E-state index in [0.717, 1.165) is 115 Å². The van der Waals surface area contributed by atoms with Crippen molar-refractivity contribution in [2.45, 2.75) is 84.5 Å². The van der Waals surface area contributed by atoms with Crippen molar-refractivity contribution >= 4 is 83.3 Å². The Labute approximate surface area is 571 Å². The number of benzene rings is 4. The Hall–Kier alpha value is -9.32. The summed E-state index contributed by atoms with van der Waals surface area (Å²) in [5, 5.41) is 45.0. The topological polar surface area (TPSA) is 307 Å². The number of likely N-dealkylation sites (tertiary alicyclic amines) is 3. The Kier molecular flexibility index (Phi) is 27.8. The van der Waals surface area contributed by atoms with Crippen molar-refractivity contribution in [2.75, 3.05) is 91.5 Å². The van der Waals surface area contributed by atoms with Crippen molar-refractivity contribution in [3.05, 3.63) is 166 Å². The number of piperidine rings is 4. The van der Waals surface area contributed by atoms with Gasteiger partial charge in [-0.1, -0.05) is 99.6 Å². The van der Waals surface area contributed by atoms with Crippen LogP contribution in [-0.4, -0.2) is 150 Å². The van der Waals surface area contributed by atoms with Gasteiger partial charge in [-0.2, -0.15) is 21.0 Å². The monoisotopic (exact) mass is 1360 g/mol. The van der Waals surface area contributed by atoms with Crippen LogP contribution in [0.5, 0.6) is 0 Å². The lowest BCUT2D eigenvalue weighted by molar-refractivity contribution is -0.142. The van der Waals surface area contributed by atoms with E-state index < -0.39 is 0 Å². The molecule has 5 N–H and O–H groups in total. The highest BCUT2D eigenvalue weighted by molar-refractivity contribution is 9.09. The molecule has 8 heterocycles. The minimum absolute atomic E-state index is 0. The largest absolute Gasteiger partial charge is 0.468 e. The zero-order chi connectivity index (χ0) is 68.1. The summed E-state index contributed by atoms with van der Waals surface area (Å²) in [6.45, 7) is 17.0. The molecule has 0 aliphatic carbocycles. The smallest absolute Gasteiger partial charge is 0.319 e. The molecule has 96 heavy (non-hydrogen) atoms. The molecule has 21 heteroatoms. The highest BCUT2D eigenvalue weighted by Crippen LogP contribution is 2.39. The number of nitrogens with two attached hydrogens (primary N) is 2. The Balaban J connectivity index is 0.000000175. The molecule has 0 spiro atoms. The Morgan fingerprint density at radius 2 is 0.760 bits per heavy atom. The number of rotatable bonds is 11. The number of halogens is 1. The van der Waals surface area contributed by atoms with Crippen molar-refractivity contribution in [1.82, 2.24) is 40.0 Å². The molecular weight excluding hydrogens is 1270 g/mol. The van der Waals surface area contributed by atoms with Crippen molar-refractivity contribution < 1.29 is 28.7 Å². The number of hydrogen-bond donors (Lipinski definition) is 3. The number of carbonyl (C=O) groups excluding carboxylic acids is 4. The molecule has 20 nitrogen and oxygen atoms in total. The zero-order valence-corrected chi connectivity index (χ0v) is 56.5. The van der Waals surface area contributed by atoms with Crippen molar-refractivity contribution in [3.8, 4) is 24.3 Å². The van der Waals surface area contributed by atoms with Gasteiger partial charge >= 0.3 is 11.9 Å². The Morgan fingerprint density at radius 3 is 1.03 bits per heavy atom. The molecule has 4 aliphatic rings. The second-order valence-electron chi connectivity index (χ2n) is 25.5. The number of amides is 2. The maximum atomic E-state index is 11.6. The zero-order valence-electron chi connectivity index (χ0n) is 54.9. The quantitative estimate of drug-likeness (QED) is 0.0800. The second kappa shape index (κ2) is 36.0. The van der Waals surface area contributed by atoms with Crippen molar-refractivity contribution in [2.24, 2.45) is 35.1 Å². The number of methoxy groups -OCH3 is 2. The van der Waals surface area contributed by atoms with Crippen LogP contribution in [0.1, 0.15) is 129 Å². The van der Waals surface area contributed by atoms with Gasteiger partial charge in [0.1, 0.15) is 29.6 Å². The summed E-state index contributed by atoms with van der Waals surface area (Å²) in [5.41, 5.74) is 21.2. The first kappa shape index (κ1) is 74.1. The number of nitrogens with one attached hydrogen (secondary N) is 1. The normalized spacial score (nSPS) is 20.9. The van der Waals surface area contributed by atoms with Crippen LogP contribution in [0, 0.1) is 69.0 Å². The molecule has 4 aliphatic heterocycles. The van der Waals surface area contributed by atoms with Crippen LogP contribution >= 0.6 is 15.9 Å². The van der Waals surface area contributed by atoms with Crippen LogP contribution in [0.25, 0.3) is 43.6 Å². The molecule has 0 bridgehead atoms. The van der Waals surface area contributed by atoms with Gasteiger partial charge in [0.05, 0.1) is 78.2 Å². The highest BCUT2D eigenvalue weighted by Gasteiger charge is 2.32. The lowest BCUT2D eigenvalue weighted by atomic mass is 9.83. The molecule has 4 fully saturated rings. The molecule has 4 unspecified atom stereocenters. The van der Waals surface area contributed by atoms with E-state index in [1.54, 1.807) is 24.8 Å². The molecule has 8 atom stereocenters.